The number of rotatable bonds is 8. The van der Waals surface area contributed by atoms with Crippen molar-refractivity contribution in [3.05, 3.63) is 23.8 Å². The van der Waals surface area contributed by atoms with Crippen LogP contribution >= 0.6 is 11.8 Å². The Morgan fingerprint density at radius 2 is 1.78 bits per heavy atom. The van der Waals surface area contributed by atoms with Crippen LogP contribution in [0.3, 0.4) is 0 Å². The monoisotopic (exact) mass is 269 g/mol. The Balaban J connectivity index is 3.06. The predicted molar refractivity (Wildman–Crippen MR) is 79.0 cm³/mol. The first-order chi connectivity index (χ1) is 8.78. The standard InChI is InChI=1S/C14H23NO2S/c1-5-15-11(10-18-6-2)14-12(16-3)8-7-9-13(14)17-4/h7-9,11,15H,5-6,10H2,1-4H3. The molecule has 0 saturated carbocycles. The minimum Gasteiger partial charge on any atom is -0.496 e. The molecule has 0 aliphatic heterocycles. The average molecular weight is 269 g/mol. The number of ether oxygens (including phenoxy) is 2. The van der Waals surface area contributed by atoms with Crippen molar-refractivity contribution in [3.8, 4) is 11.5 Å². The van der Waals surface area contributed by atoms with Crippen LogP contribution in [-0.4, -0.2) is 32.3 Å². The van der Waals surface area contributed by atoms with Crippen molar-refractivity contribution in [2.24, 2.45) is 0 Å². The van der Waals surface area contributed by atoms with Crippen molar-refractivity contribution in [1.29, 1.82) is 0 Å². The van der Waals surface area contributed by atoms with Crippen LogP contribution in [-0.2, 0) is 0 Å². The third-order valence-corrected chi connectivity index (χ3v) is 3.73. The van der Waals surface area contributed by atoms with E-state index in [2.05, 4.69) is 19.2 Å². The minimum atomic E-state index is 0.256. The Kier molecular flexibility index (Phi) is 6.98. The molecule has 0 aromatic heterocycles. The lowest BCUT2D eigenvalue weighted by molar-refractivity contribution is 0.375. The summed E-state index contributed by atoms with van der Waals surface area (Å²) in [4.78, 5) is 0. The summed E-state index contributed by atoms with van der Waals surface area (Å²) in [6.07, 6.45) is 0. The van der Waals surface area contributed by atoms with Gasteiger partial charge in [-0.1, -0.05) is 19.9 Å². The van der Waals surface area contributed by atoms with Crippen LogP contribution in [0.25, 0.3) is 0 Å². The first-order valence-corrected chi connectivity index (χ1v) is 7.45. The third kappa shape index (κ3) is 3.82. The summed E-state index contributed by atoms with van der Waals surface area (Å²) in [5.74, 6) is 3.90. The van der Waals surface area contributed by atoms with Crippen molar-refractivity contribution < 1.29 is 9.47 Å². The molecule has 1 aromatic carbocycles. The summed E-state index contributed by atoms with van der Waals surface area (Å²) >= 11 is 1.92. The van der Waals surface area contributed by atoms with Crippen molar-refractivity contribution in [3.63, 3.8) is 0 Å². The molecule has 4 heteroatoms. The molecule has 0 heterocycles. The smallest absolute Gasteiger partial charge is 0.127 e. The molecule has 18 heavy (non-hydrogen) atoms. The summed E-state index contributed by atoms with van der Waals surface area (Å²) in [5, 5.41) is 3.50. The minimum absolute atomic E-state index is 0.256. The molecule has 1 aromatic rings. The van der Waals surface area contributed by atoms with Crippen LogP contribution in [0.1, 0.15) is 25.5 Å². The normalized spacial score (nSPS) is 12.2. The van der Waals surface area contributed by atoms with Crippen LogP contribution in [0.5, 0.6) is 11.5 Å². The number of hydrogen-bond acceptors (Lipinski definition) is 4. The molecule has 1 atom stereocenters. The molecule has 0 bridgehead atoms. The third-order valence-electron chi connectivity index (χ3n) is 2.75. The van der Waals surface area contributed by atoms with E-state index in [1.54, 1.807) is 14.2 Å². The largest absolute Gasteiger partial charge is 0.496 e. The molecule has 0 amide bonds. The van der Waals surface area contributed by atoms with Crippen LogP contribution in [0.2, 0.25) is 0 Å². The van der Waals surface area contributed by atoms with Gasteiger partial charge in [-0.15, -0.1) is 0 Å². The molecule has 0 saturated heterocycles. The summed E-state index contributed by atoms with van der Waals surface area (Å²) in [6.45, 7) is 5.22. The topological polar surface area (TPSA) is 30.5 Å². The number of hydrogen-bond donors (Lipinski definition) is 1. The Bertz CT molecular complexity index is 335. The van der Waals surface area contributed by atoms with E-state index in [1.165, 1.54) is 0 Å². The van der Waals surface area contributed by atoms with Gasteiger partial charge in [0.1, 0.15) is 11.5 Å². The highest BCUT2D eigenvalue weighted by Gasteiger charge is 2.19. The number of methoxy groups -OCH3 is 2. The first kappa shape index (κ1) is 15.2. The number of thioether (sulfide) groups is 1. The molecule has 0 fully saturated rings. The van der Waals surface area contributed by atoms with E-state index in [9.17, 15) is 0 Å². The molecule has 0 aliphatic carbocycles. The van der Waals surface area contributed by atoms with Crippen LogP contribution in [0.15, 0.2) is 18.2 Å². The van der Waals surface area contributed by atoms with Gasteiger partial charge in [-0.25, -0.2) is 0 Å². The maximum Gasteiger partial charge on any atom is 0.127 e. The molecule has 1 rings (SSSR count). The molecule has 0 aliphatic rings. The zero-order chi connectivity index (χ0) is 13.4. The molecule has 3 nitrogen and oxygen atoms in total. The number of benzene rings is 1. The summed E-state index contributed by atoms with van der Waals surface area (Å²) in [5.41, 5.74) is 1.12. The molecule has 102 valence electrons. The van der Waals surface area contributed by atoms with Gasteiger partial charge in [0.15, 0.2) is 0 Å². The van der Waals surface area contributed by atoms with Gasteiger partial charge in [0.2, 0.25) is 0 Å². The highest BCUT2D eigenvalue weighted by molar-refractivity contribution is 7.99. The lowest BCUT2D eigenvalue weighted by atomic mass is 10.1. The van der Waals surface area contributed by atoms with Crippen molar-refractivity contribution in [2.75, 3.05) is 32.3 Å². The lowest BCUT2D eigenvalue weighted by Crippen LogP contribution is -2.24. The van der Waals surface area contributed by atoms with E-state index in [-0.39, 0.29) is 6.04 Å². The summed E-state index contributed by atoms with van der Waals surface area (Å²) in [6, 6.07) is 6.18. The Morgan fingerprint density at radius 1 is 1.17 bits per heavy atom. The van der Waals surface area contributed by atoms with Crippen molar-refractivity contribution in [1.82, 2.24) is 5.32 Å². The van der Waals surface area contributed by atoms with Gasteiger partial charge in [-0.3, -0.25) is 0 Å². The second-order valence-electron chi connectivity index (χ2n) is 3.85. The van der Waals surface area contributed by atoms with Gasteiger partial charge in [0.05, 0.1) is 19.8 Å². The molecule has 1 N–H and O–H groups in total. The van der Waals surface area contributed by atoms with Crippen molar-refractivity contribution in [2.45, 2.75) is 19.9 Å². The molecular weight excluding hydrogens is 246 g/mol. The fourth-order valence-corrected chi connectivity index (χ4v) is 2.71. The quantitative estimate of drug-likeness (QED) is 0.785. The van der Waals surface area contributed by atoms with E-state index < -0.39 is 0 Å². The van der Waals surface area contributed by atoms with Crippen molar-refractivity contribution >= 4 is 11.8 Å². The highest BCUT2D eigenvalue weighted by Crippen LogP contribution is 2.35. The fraction of sp³-hybridized carbons (Fsp3) is 0.571. The highest BCUT2D eigenvalue weighted by atomic mass is 32.2. The van der Waals surface area contributed by atoms with E-state index >= 15 is 0 Å². The second-order valence-corrected chi connectivity index (χ2v) is 5.16. The van der Waals surface area contributed by atoms with E-state index in [4.69, 9.17) is 9.47 Å². The maximum atomic E-state index is 5.47. The van der Waals surface area contributed by atoms with Gasteiger partial charge in [0.25, 0.3) is 0 Å². The lowest BCUT2D eigenvalue weighted by Gasteiger charge is -2.22. The maximum absolute atomic E-state index is 5.47. The van der Waals surface area contributed by atoms with Crippen LogP contribution < -0.4 is 14.8 Å². The molecular formula is C14H23NO2S. The SMILES string of the molecule is CCNC(CSCC)c1c(OC)cccc1OC. The number of nitrogens with one attached hydrogen (secondary N) is 1. The van der Waals surface area contributed by atoms with Gasteiger partial charge in [0, 0.05) is 11.8 Å². The first-order valence-electron chi connectivity index (χ1n) is 6.30. The average Bonchev–Trinajstić information content (AvgIpc) is 2.42. The Morgan fingerprint density at radius 3 is 2.22 bits per heavy atom. The van der Waals surface area contributed by atoms with Gasteiger partial charge >= 0.3 is 0 Å². The second kappa shape index (κ2) is 8.27. The van der Waals surface area contributed by atoms with Gasteiger partial charge in [-0.2, -0.15) is 11.8 Å². The van der Waals surface area contributed by atoms with E-state index in [0.29, 0.717) is 0 Å². The predicted octanol–water partition coefficient (Wildman–Crippen LogP) is 3.11. The van der Waals surface area contributed by atoms with Gasteiger partial charge in [-0.05, 0) is 24.4 Å². The Labute approximate surface area is 114 Å². The van der Waals surface area contributed by atoms with Gasteiger partial charge < -0.3 is 14.8 Å². The fourth-order valence-electron chi connectivity index (χ4n) is 1.95. The van der Waals surface area contributed by atoms with E-state index in [1.807, 2.05) is 30.0 Å². The zero-order valence-electron chi connectivity index (χ0n) is 11.7. The van der Waals surface area contributed by atoms with E-state index in [0.717, 1.165) is 35.1 Å². The summed E-state index contributed by atoms with van der Waals surface area (Å²) < 4.78 is 10.9. The molecule has 0 spiro atoms. The van der Waals surface area contributed by atoms with Crippen LogP contribution in [0.4, 0.5) is 0 Å². The molecule has 1 unspecified atom stereocenters. The van der Waals surface area contributed by atoms with Crippen LogP contribution in [0, 0.1) is 0 Å². The summed E-state index contributed by atoms with van der Waals surface area (Å²) in [7, 11) is 3.41. The zero-order valence-corrected chi connectivity index (χ0v) is 12.5. The Hall–Kier alpha value is -0.870. The molecule has 0 radical (unpaired) electrons.